The van der Waals surface area contributed by atoms with E-state index in [1.54, 1.807) is 19.9 Å². The number of carbonyl (C=O) groups is 3. The van der Waals surface area contributed by atoms with Gasteiger partial charge in [0.25, 0.3) is 0 Å². The van der Waals surface area contributed by atoms with Gasteiger partial charge in [0.1, 0.15) is 25.6 Å². The molecule has 3 aliphatic heterocycles. The van der Waals surface area contributed by atoms with E-state index >= 15 is 0 Å². The highest BCUT2D eigenvalue weighted by Crippen LogP contribution is 2.68. The third-order valence-electron chi connectivity index (χ3n) is 11.8. The molecule has 2 saturated heterocycles. The van der Waals surface area contributed by atoms with Crippen LogP contribution in [0.15, 0.2) is 23.3 Å². The minimum atomic E-state index is -1.48. The van der Waals surface area contributed by atoms with Gasteiger partial charge >= 0.3 is 5.97 Å². The molecule has 5 fully saturated rings. The molecule has 11 nitrogen and oxygen atoms in total. The van der Waals surface area contributed by atoms with E-state index in [2.05, 4.69) is 0 Å². The van der Waals surface area contributed by atoms with Crippen LogP contribution in [-0.4, -0.2) is 94.3 Å². The lowest BCUT2D eigenvalue weighted by atomic mass is 9.41. The Morgan fingerprint density at radius 3 is 2.59 bits per heavy atom. The lowest BCUT2D eigenvalue weighted by molar-refractivity contribution is -0.279. The summed E-state index contributed by atoms with van der Waals surface area (Å²) in [6.45, 7) is 5.42. The molecule has 12 atom stereocenters. The van der Waals surface area contributed by atoms with Gasteiger partial charge in [-0.25, -0.2) is 4.79 Å². The summed E-state index contributed by atoms with van der Waals surface area (Å²) in [5, 5.41) is 36.2. The number of hydrogen-bond donors (Lipinski definition) is 3. The first-order chi connectivity index (χ1) is 19.3. The SMILES string of the molecule is CC1OC(O[C@H]2CC[C@]3(C)[C@H]4[C@H](O)C(=O)[C@]5(C)C(C6=CC(=O)OC6)=CC[C@]5(O)[C@@H]4CC[C@@]3(O)C2)C(=O)C2OCOC12. The zero-order chi connectivity index (χ0) is 29.1. The molecule has 4 unspecified atom stereocenters. The number of Topliss-reactive ketones (excluding diaryl/α,β-unsaturated/α-hetero) is 2. The molecule has 0 radical (unpaired) electrons. The molecular formula is C30H38O11. The first-order valence-corrected chi connectivity index (χ1v) is 14.7. The van der Waals surface area contributed by atoms with Crippen LogP contribution in [0.2, 0.25) is 0 Å². The quantitative estimate of drug-likeness (QED) is 0.324. The summed E-state index contributed by atoms with van der Waals surface area (Å²) in [6, 6.07) is 0. The molecule has 3 saturated carbocycles. The molecule has 0 aromatic rings. The minimum absolute atomic E-state index is 0.0263. The van der Waals surface area contributed by atoms with Gasteiger partial charge in [-0.15, -0.1) is 0 Å². The Morgan fingerprint density at radius 2 is 1.85 bits per heavy atom. The predicted octanol–water partition coefficient (Wildman–Crippen LogP) is 0.869. The number of ether oxygens (including phenoxy) is 5. The molecule has 41 heavy (non-hydrogen) atoms. The van der Waals surface area contributed by atoms with Crippen LogP contribution >= 0.6 is 0 Å². The largest absolute Gasteiger partial charge is 0.458 e. The highest BCUT2D eigenvalue weighted by Gasteiger charge is 2.74. The summed E-state index contributed by atoms with van der Waals surface area (Å²) in [5.74, 6) is -2.48. The van der Waals surface area contributed by atoms with E-state index in [-0.39, 0.29) is 32.0 Å². The highest BCUT2D eigenvalue weighted by molar-refractivity contribution is 5.97. The average molecular weight is 575 g/mol. The molecule has 0 aromatic heterocycles. The molecule has 3 N–H and O–H groups in total. The third kappa shape index (κ3) is 3.54. The summed E-state index contributed by atoms with van der Waals surface area (Å²) in [5.41, 5.74) is -3.98. The smallest absolute Gasteiger partial charge is 0.331 e. The van der Waals surface area contributed by atoms with Crippen LogP contribution in [0.5, 0.6) is 0 Å². The Labute approximate surface area is 237 Å². The number of rotatable bonds is 3. The molecule has 4 aliphatic carbocycles. The van der Waals surface area contributed by atoms with Gasteiger partial charge in [-0.3, -0.25) is 9.59 Å². The molecule has 7 aliphatic rings. The lowest BCUT2D eigenvalue weighted by Crippen LogP contribution is -2.73. The van der Waals surface area contributed by atoms with E-state index < -0.39 is 82.4 Å². The molecule has 11 heteroatoms. The summed E-state index contributed by atoms with van der Waals surface area (Å²) in [6.07, 6.45) is 0.534. The minimum Gasteiger partial charge on any atom is -0.458 e. The van der Waals surface area contributed by atoms with Crippen molar-refractivity contribution in [1.29, 1.82) is 0 Å². The first-order valence-electron chi connectivity index (χ1n) is 14.7. The summed E-state index contributed by atoms with van der Waals surface area (Å²) in [7, 11) is 0. The molecule has 0 aromatic carbocycles. The fraction of sp³-hybridized carbons (Fsp3) is 0.767. The van der Waals surface area contributed by atoms with Crippen LogP contribution in [0.25, 0.3) is 0 Å². The number of esters is 1. The van der Waals surface area contributed by atoms with Gasteiger partial charge in [-0.2, -0.15) is 0 Å². The van der Waals surface area contributed by atoms with Crippen molar-refractivity contribution < 1.29 is 53.4 Å². The lowest BCUT2D eigenvalue weighted by Gasteiger charge is -2.66. The third-order valence-corrected chi connectivity index (χ3v) is 11.8. The van der Waals surface area contributed by atoms with Crippen LogP contribution < -0.4 is 0 Å². The number of aliphatic hydroxyl groups is 3. The average Bonchev–Trinajstić information content (AvgIpc) is 3.65. The van der Waals surface area contributed by atoms with Gasteiger partial charge in [0, 0.05) is 29.4 Å². The molecule has 0 amide bonds. The van der Waals surface area contributed by atoms with E-state index in [1.165, 1.54) is 6.08 Å². The van der Waals surface area contributed by atoms with Crippen LogP contribution in [0.4, 0.5) is 0 Å². The number of ketones is 2. The topological polar surface area (TPSA) is 158 Å². The number of cyclic esters (lactones) is 1. The van der Waals surface area contributed by atoms with E-state index in [4.69, 9.17) is 23.7 Å². The second-order valence-corrected chi connectivity index (χ2v) is 13.5. The Balaban J connectivity index is 1.14. The fourth-order valence-electron chi connectivity index (χ4n) is 9.46. The number of hydrogen-bond acceptors (Lipinski definition) is 11. The van der Waals surface area contributed by atoms with Crippen molar-refractivity contribution in [3.8, 4) is 0 Å². The molecule has 0 bridgehead atoms. The van der Waals surface area contributed by atoms with Crippen LogP contribution in [-0.2, 0) is 38.1 Å². The normalized spacial score (nSPS) is 52.7. The summed E-state index contributed by atoms with van der Waals surface area (Å²) >= 11 is 0. The molecular weight excluding hydrogens is 536 g/mol. The zero-order valence-electron chi connectivity index (χ0n) is 23.5. The van der Waals surface area contributed by atoms with Gasteiger partial charge < -0.3 is 39.0 Å². The summed E-state index contributed by atoms with van der Waals surface area (Å²) in [4.78, 5) is 38.8. The van der Waals surface area contributed by atoms with Crippen molar-refractivity contribution in [2.75, 3.05) is 13.4 Å². The maximum atomic E-state index is 14.1. The monoisotopic (exact) mass is 574 g/mol. The Morgan fingerprint density at radius 1 is 1.07 bits per heavy atom. The summed E-state index contributed by atoms with van der Waals surface area (Å²) < 4.78 is 28.0. The van der Waals surface area contributed by atoms with Crippen molar-refractivity contribution in [1.82, 2.24) is 0 Å². The second kappa shape index (κ2) is 9.01. The van der Waals surface area contributed by atoms with Gasteiger partial charge in [0.05, 0.1) is 28.8 Å². The van der Waals surface area contributed by atoms with E-state index in [9.17, 15) is 29.7 Å². The van der Waals surface area contributed by atoms with Crippen molar-refractivity contribution in [2.45, 2.75) is 107 Å². The first kappa shape index (κ1) is 27.8. The second-order valence-electron chi connectivity index (χ2n) is 13.5. The maximum absolute atomic E-state index is 14.1. The Bertz CT molecular complexity index is 1260. The van der Waals surface area contributed by atoms with E-state index in [0.717, 1.165) is 0 Å². The van der Waals surface area contributed by atoms with Crippen molar-refractivity contribution in [3.63, 3.8) is 0 Å². The standard InChI is InChI=1S/C30H38O11/c1-14-23-24(39-13-38-23)22(33)26(40-14)41-16-4-7-27(2)20-18(5-8-29(27,35)11-16)30(36)9-6-17(15-10-19(31)37-12-15)28(30,3)25(34)21(20)32/h6,10,14,16,18,20-21,23-24,26,32,35-36H,4-5,7-9,11-13H2,1-3H3/t14?,16-,18+,20+,21-,23?,24?,26?,27+,28-,29+,30-/m0/s1. The van der Waals surface area contributed by atoms with Crippen molar-refractivity contribution >= 4 is 17.5 Å². The fourth-order valence-corrected chi connectivity index (χ4v) is 9.46. The van der Waals surface area contributed by atoms with Gasteiger partial charge in [-0.1, -0.05) is 13.0 Å². The molecule has 0 spiro atoms. The van der Waals surface area contributed by atoms with Crippen molar-refractivity contribution in [3.05, 3.63) is 23.3 Å². The van der Waals surface area contributed by atoms with Crippen LogP contribution in [0.1, 0.15) is 59.3 Å². The van der Waals surface area contributed by atoms with Crippen LogP contribution in [0, 0.1) is 22.7 Å². The Kier molecular flexibility index (Phi) is 6.11. The van der Waals surface area contributed by atoms with E-state index in [1.807, 2.05) is 6.92 Å². The van der Waals surface area contributed by atoms with Crippen LogP contribution in [0.3, 0.4) is 0 Å². The molecule has 3 heterocycles. The molecule has 224 valence electrons. The Hall–Kier alpha value is -1.99. The van der Waals surface area contributed by atoms with Gasteiger partial charge in [0.2, 0.25) is 12.1 Å². The number of carbonyl (C=O) groups excluding carboxylic acids is 3. The zero-order valence-corrected chi connectivity index (χ0v) is 23.5. The highest BCUT2D eigenvalue weighted by atomic mass is 16.8. The van der Waals surface area contributed by atoms with E-state index in [0.29, 0.717) is 36.8 Å². The van der Waals surface area contributed by atoms with Crippen molar-refractivity contribution in [2.24, 2.45) is 22.7 Å². The van der Waals surface area contributed by atoms with Gasteiger partial charge in [-0.05, 0) is 57.4 Å². The predicted molar refractivity (Wildman–Crippen MR) is 138 cm³/mol. The molecule has 7 rings (SSSR count). The maximum Gasteiger partial charge on any atom is 0.331 e. The number of fused-ring (bicyclic) bond motifs is 6. The number of aliphatic hydroxyl groups excluding tert-OH is 1. The van der Waals surface area contributed by atoms with Gasteiger partial charge in [0.15, 0.2) is 11.9 Å².